The lowest BCUT2D eigenvalue weighted by Crippen LogP contribution is -2.17. The van der Waals surface area contributed by atoms with Crippen LogP contribution >= 0.6 is 23.6 Å². The summed E-state index contributed by atoms with van der Waals surface area (Å²) in [6.45, 7) is 3.90. The van der Waals surface area contributed by atoms with Crippen molar-refractivity contribution >= 4 is 40.1 Å². The molecule has 1 amide bonds. The first-order chi connectivity index (χ1) is 9.38. The van der Waals surface area contributed by atoms with Crippen LogP contribution in [0.4, 0.5) is 10.1 Å². The molecule has 2 rings (SSSR count). The molecule has 0 bridgehead atoms. The molecule has 0 saturated heterocycles. The number of carbonyl (C=O) groups excluding carboxylic acids is 1. The number of thiocarbonyl (C=S) groups is 1. The second kappa shape index (κ2) is 5.68. The zero-order valence-electron chi connectivity index (χ0n) is 11.0. The quantitative estimate of drug-likeness (QED) is 0.855. The lowest BCUT2D eigenvalue weighted by Gasteiger charge is -2.09. The van der Waals surface area contributed by atoms with Gasteiger partial charge in [-0.2, -0.15) is 0 Å². The molecule has 0 spiro atoms. The molecule has 0 aliphatic heterocycles. The Balaban J connectivity index is 2.30. The number of benzene rings is 1. The molecular weight excluding hydrogens is 295 g/mol. The maximum atomic E-state index is 13.2. The second-order valence-corrected chi connectivity index (χ2v) is 6.05. The SMILES string of the molecule is Cc1cc(C(=O)Nc2ccc(F)cc2C(N)=S)sc1C. The van der Waals surface area contributed by atoms with Crippen molar-refractivity contribution in [3.63, 3.8) is 0 Å². The Morgan fingerprint density at radius 3 is 2.60 bits per heavy atom. The van der Waals surface area contributed by atoms with Gasteiger partial charge in [0, 0.05) is 10.4 Å². The first-order valence-corrected chi connectivity index (χ1v) is 7.08. The van der Waals surface area contributed by atoms with Crippen molar-refractivity contribution in [3.8, 4) is 0 Å². The van der Waals surface area contributed by atoms with Crippen LogP contribution in [0.3, 0.4) is 0 Å². The third-order valence-corrected chi connectivity index (χ3v) is 4.26. The predicted octanol–water partition coefficient (Wildman–Crippen LogP) is 3.39. The highest BCUT2D eigenvalue weighted by Crippen LogP contribution is 2.23. The van der Waals surface area contributed by atoms with Crippen molar-refractivity contribution < 1.29 is 9.18 Å². The van der Waals surface area contributed by atoms with Gasteiger partial charge in [-0.15, -0.1) is 11.3 Å². The second-order valence-electron chi connectivity index (χ2n) is 4.36. The summed E-state index contributed by atoms with van der Waals surface area (Å²) in [7, 11) is 0. The first kappa shape index (κ1) is 14.6. The maximum Gasteiger partial charge on any atom is 0.265 e. The highest BCUT2D eigenvalue weighted by molar-refractivity contribution is 7.80. The number of aryl methyl sites for hydroxylation is 2. The monoisotopic (exact) mass is 308 g/mol. The Hall–Kier alpha value is -1.79. The molecule has 3 nitrogen and oxygen atoms in total. The van der Waals surface area contributed by atoms with E-state index < -0.39 is 5.82 Å². The Bertz CT molecular complexity index is 675. The molecule has 0 aliphatic carbocycles. The normalized spacial score (nSPS) is 10.3. The Morgan fingerprint density at radius 2 is 2.05 bits per heavy atom. The fraction of sp³-hybridized carbons (Fsp3) is 0.143. The summed E-state index contributed by atoms with van der Waals surface area (Å²) < 4.78 is 13.2. The van der Waals surface area contributed by atoms with Crippen LogP contribution in [0.1, 0.15) is 25.7 Å². The molecule has 0 aliphatic rings. The fourth-order valence-corrected chi connectivity index (χ4v) is 2.80. The predicted molar refractivity (Wildman–Crippen MR) is 84.0 cm³/mol. The molecule has 1 heterocycles. The summed E-state index contributed by atoms with van der Waals surface area (Å²) in [5.41, 5.74) is 7.33. The number of anilines is 1. The van der Waals surface area contributed by atoms with Gasteiger partial charge in [0.25, 0.3) is 5.91 Å². The van der Waals surface area contributed by atoms with E-state index >= 15 is 0 Å². The highest BCUT2D eigenvalue weighted by atomic mass is 32.1. The molecule has 0 unspecified atom stereocenters. The molecule has 2 aromatic rings. The van der Waals surface area contributed by atoms with Crippen molar-refractivity contribution in [1.82, 2.24) is 0 Å². The topological polar surface area (TPSA) is 55.1 Å². The summed E-state index contributed by atoms with van der Waals surface area (Å²) in [6, 6.07) is 5.74. The summed E-state index contributed by atoms with van der Waals surface area (Å²) in [5, 5.41) is 2.71. The number of carbonyl (C=O) groups is 1. The first-order valence-electron chi connectivity index (χ1n) is 5.86. The molecule has 0 radical (unpaired) electrons. The van der Waals surface area contributed by atoms with Crippen LogP contribution in [0.2, 0.25) is 0 Å². The van der Waals surface area contributed by atoms with Crippen LogP contribution < -0.4 is 11.1 Å². The Labute approximate surface area is 125 Å². The third-order valence-electron chi connectivity index (χ3n) is 2.89. The number of rotatable bonds is 3. The maximum absolute atomic E-state index is 13.2. The van der Waals surface area contributed by atoms with Crippen molar-refractivity contribution in [2.45, 2.75) is 13.8 Å². The van der Waals surface area contributed by atoms with Gasteiger partial charge in [0.2, 0.25) is 0 Å². The van der Waals surface area contributed by atoms with E-state index in [9.17, 15) is 9.18 Å². The molecule has 20 heavy (non-hydrogen) atoms. The summed E-state index contributed by atoms with van der Waals surface area (Å²) in [6.07, 6.45) is 0. The van der Waals surface area contributed by atoms with Gasteiger partial charge in [-0.1, -0.05) is 12.2 Å². The number of hydrogen-bond donors (Lipinski definition) is 2. The summed E-state index contributed by atoms with van der Waals surface area (Å²) in [5.74, 6) is -0.705. The summed E-state index contributed by atoms with van der Waals surface area (Å²) in [4.78, 5) is 13.9. The largest absolute Gasteiger partial charge is 0.389 e. The molecule has 0 fully saturated rings. The molecule has 3 N–H and O–H groups in total. The van der Waals surface area contributed by atoms with Gasteiger partial charge in [-0.25, -0.2) is 4.39 Å². The zero-order chi connectivity index (χ0) is 14.9. The number of halogens is 1. The average Bonchev–Trinajstić information content (AvgIpc) is 2.71. The molecular formula is C14H13FN2OS2. The number of hydrogen-bond acceptors (Lipinski definition) is 3. The van der Waals surface area contributed by atoms with E-state index in [1.807, 2.05) is 19.9 Å². The number of amides is 1. The van der Waals surface area contributed by atoms with Gasteiger partial charge in [0.15, 0.2) is 0 Å². The molecule has 6 heteroatoms. The van der Waals surface area contributed by atoms with E-state index in [1.54, 1.807) is 0 Å². The minimum Gasteiger partial charge on any atom is -0.389 e. The van der Waals surface area contributed by atoms with E-state index in [1.165, 1.54) is 29.5 Å². The van der Waals surface area contributed by atoms with Gasteiger partial charge in [-0.3, -0.25) is 4.79 Å². The third kappa shape index (κ3) is 3.02. The average molecular weight is 308 g/mol. The molecule has 104 valence electrons. The minimum atomic E-state index is -0.450. The molecule has 0 atom stereocenters. The highest BCUT2D eigenvalue weighted by Gasteiger charge is 2.14. The molecule has 1 aromatic carbocycles. The standard InChI is InChI=1S/C14H13FN2OS2/c1-7-5-12(20-8(7)2)14(18)17-11-4-3-9(15)6-10(11)13(16)19/h3-6H,1-2H3,(H2,16,19)(H,17,18). The van der Waals surface area contributed by atoms with Crippen molar-refractivity contribution in [2.75, 3.05) is 5.32 Å². The van der Waals surface area contributed by atoms with Crippen LogP contribution in [0.25, 0.3) is 0 Å². The van der Waals surface area contributed by atoms with Gasteiger partial charge in [0.05, 0.1) is 10.6 Å². The van der Waals surface area contributed by atoms with E-state index in [2.05, 4.69) is 5.32 Å². The fourth-order valence-electron chi connectivity index (χ4n) is 1.70. The van der Waals surface area contributed by atoms with Crippen LogP contribution in [-0.2, 0) is 0 Å². The van der Waals surface area contributed by atoms with Crippen molar-refractivity contribution in [2.24, 2.45) is 5.73 Å². The van der Waals surface area contributed by atoms with Gasteiger partial charge in [0.1, 0.15) is 10.8 Å². The van der Waals surface area contributed by atoms with Gasteiger partial charge in [-0.05, 0) is 43.7 Å². The number of nitrogens with one attached hydrogen (secondary N) is 1. The van der Waals surface area contributed by atoms with E-state index in [0.29, 0.717) is 16.1 Å². The van der Waals surface area contributed by atoms with Crippen molar-refractivity contribution in [3.05, 3.63) is 51.0 Å². The van der Waals surface area contributed by atoms with Gasteiger partial charge < -0.3 is 11.1 Å². The number of thiophene rings is 1. The van der Waals surface area contributed by atoms with E-state index in [4.69, 9.17) is 18.0 Å². The molecule has 1 aromatic heterocycles. The lowest BCUT2D eigenvalue weighted by atomic mass is 10.1. The summed E-state index contributed by atoms with van der Waals surface area (Å²) >= 11 is 6.27. The zero-order valence-corrected chi connectivity index (χ0v) is 12.6. The van der Waals surface area contributed by atoms with E-state index in [0.717, 1.165) is 10.4 Å². The lowest BCUT2D eigenvalue weighted by molar-refractivity contribution is 0.103. The van der Waals surface area contributed by atoms with Crippen LogP contribution in [0.15, 0.2) is 24.3 Å². The van der Waals surface area contributed by atoms with Crippen LogP contribution in [-0.4, -0.2) is 10.9 Å². The van der Waals surface area contributed by atoms with Crippen LogP contribution in [0.5, 0.6) is 0 Å². The number of nitrogens with two attached hydrogens (primary N) is 1. The molecule has 0 saturated carbocycles. The smallest absolute Gasteiger partial charge is 0.265 e. The Morgan fingerprint density at radius 1 is 1.35 bits per heavy atom. The van der Waals surface area contributed by atoms with Crippen molar-refractivity contribution in [1.29, 1.82) is 0 Å². The minimum absolute atomic E-state index is 0.0401. The van der Waals surface area contributed by atoms with E-state index in [-0.39, 0.29) is 10.9 Å². The Kier molecular flexibility index (Phi) is 4.15. The van der Waals surface area contributed by atoms with Gasteiger partial charge >= 0.3 is 0 Å². The van der Waals surface area contributed by atoms with Crippen LogP contribution in [0, 0.1) is 19.7 Å².